The van der Waals surface area contributed by atoms with Gasteiger partial charge in [-0.2, -0.15) is 0 Å². The third-order valence-electron chi connectivity index (χ3n) is 5.99. The molecule has 1 spiro atoms. The average molecular weight is 409 g/mol. The lowest BCUT2D eigenvalue weighted by Crippen LogP contribution is -2.52. The number of benzene rings is 1. The summed E-state index contributed by atoms with van der Waals surface area (Å²) in [6, 6.07) is 9.90. The van der Waals surface area contributed by atoms with Gasteiger partial charge in [0, 0.05) is 32.7 Å². The zero-order valence-electron chi connectivity index (χ0n) is 16.9. The number of carbonyl (C=O) groups is 1. The first-order valence-electron chi connectivity index (χ1n) is 10.2. The molecule has 1 aromatic carbocycles. The molecule has 7 heteroatoms. The summed E-state index contributed by atoms with van der Waals surface area (Å²) >= 11 is 0. The van der Waals surface area contributed by atoms with E-state index in [-0.39, 0.29) is 17.4 Å². The summed E-state index contributed by atoms with van der Waals surface area (Å²) in [6.45, 7) is 5.66. The molecule has 2 fully saturated rings. The van der Waals surface area contributed by atoms with Crippen LogP contribution in [0.2, 0.25) is 0 Å². The van der Waals surface area contributed by atoms with Crippen molar-refractivity contribution < 1.29 is 17.9 Å². The summed E-state index contributed by atoms with van der Waals surface area (Å²) in [5, 5.41) is 2.62. The molecule has 1 unspecified atom stereocenters. The number of nitrogens with one attached hydrogen (secondary N) is 1. The number of sulfonamides is 1. The van der Waals surface area contributed by atoms with Crippen LogP contribution in [0, 0.1) is 5.92 Å². The minimum atomic E-state index is -3.21. The molecule has 3 rings (SSSR count). The summed E-state index contributed by atoms with van der Waals surface area (Å²) in [4.78, 5) is 12.4. The molecule has 28 heavy (non-hydrogen) atoms. The Balaban J connectivity index is 1.50. The van der Waals surface area contributed by atoms with E-state index in [0.29, 0.717) is 45.5 Å². The molecule has 2 saturated heterocycles. The van der Waals surface area contributed by atoms with Gasteiger partial charge in [0.05, 0.1) is 10.9 Å². The SMILES string of the molecule is CC(C)S(=O)(=O)N1CCC2(CC1)CC(CC(=O)NCc1ccccc1)CCO2. The van der Waals surface area contributed by atoms with Gasteiger partial charge in [-0.1, -0.05) is 30.3 Å². The van der Waals surface area contributed by atoms with Crippen LogP contribution in [0.1, 0.15) is 51.5 Å². The molecule has 0 radical (unpaired) electrons. The fraction of sp³-hybridized carbons (Fsp3) is 0.667. The third kappa shape index (κ3) is 5.13. The average Bonchev–Trinajstić information content (AvgIpc) is 2.67. The molecule has 0 saturated carbocycles. The molecule has 1 atom stereocenters. The van der Waals surface area contributed by atoms with E-state index in [1.807, 2.05) is 30.3 Å². The highest BCUT2D eigenvalue weighted by Gasteiger charge is 2.43. The van der Waals surface area contributed by atoms with Crippen molar-refractivity contribution in [2.24, 2.45) is 5.92 Å². The molecule has 2 aliphatic heterocycles. The maximum atomic E-state index is 12.4. The minimum absolute atomic E-state index is 0.0747. The van der Waals surface area contributed by atoms with Gasteiger partial charge in [-0.25, -0.2) is 12.7 Å². The first-order chi connectivity index (χ1) is 13.3. The van der Waals surface area contributed by atoms with Crippen LogP contribution >= 0.6 is 0 Å². The van der Waals surface area contributed by atoms with Gasteiger partial charge in [0.1, 0.15) is 0 Å². The zero-order chi connectivity index (χ0) is 20.2. The van der Waals surface area contributed by atoms with E-state index in [1.165, 1.54) is 0 Å². The number of carbonyl (C=O) groups excluding carboxylic acids is 1. The fourth-order valence-electron chi connectivity index (χ4n) is 4.23. The fourth-order valence-corrected chi connectivity index (χ4v) is 5.52. The van der Waals surface area contributed by atoms with Crippen LogP contribution in [-0.4, -0.2) is 49.2 Å². The highest BCUT2D eigenvalue weighted by Crippen LogP contribution is 2.39. The van der Waals surface area contributed by atoms with Crippen molar-refractivity contribution in [3.05, 3.63) is 35.9 Å². The Labute approximate surface area is 168 Å². The number of ether oxygens (including phenoxy) is 1. The Morgan fingerprint density at radius 1 is 1.25 bits per heavy atom. The van der Waals surface area contributed by atoms with Crippen molar-refractivity contribution in [3.63, 3.8) is 0 Å². The predicted octanol–water partition coefficient (Wildman–Crippen LogP) is 2.69. The normalized spacial score (nSPS) is 23.0. The van der Waals surface area contributed by atoms with E-state index in [1.54, 1.807) is 18.2 Å². The van der Waals surface area contributed by atoms with Gasteiger partial charge in [-0.3, -0.25) is 4.79 Å². The van der Waals surface area contributed by atoms with E-state index >= 15 is 0 Å². The largest absolute Gasteiger partial charge is 0.375 e. The molecule has 0 aromatic heterocycles. The lowest BCUT2D eigenvalue weighted by atomic mass is 9.78. The number of rotatable bonds is 6. The van der Waals surface area contributed by atoms with E-state index in [4.69, 9.17) is 4.74 Å². The second kappa shape index (κ2) is 8.93. The Bertz CT molecular complexity index is 756. The van der Waals surface area contributed by atoms with Crippen LogP contribution in [-0.2, 0) is 26.1 Å². The van der Waals surface area contributed by atoms with Crippen molar-refractivity contribution >= 4 is 15.9 Å². The minimum Gasteiger partial charge on any atom is -0.375 e. The van der Waals surface area contributed by atoms with Gasteiger partial charge in [-0.15, -0.1) is 0 Å². The molecular weight excluding hydrogens is 376 g/mol. The Morgan fingerprint density at radius 2 is 1.93 bits per heavy atom. The highest BCUT2D eigenvalue weighted by molar-refractivity contribution is 7.89. The molecule has 1 amide bonds. The van der Waals surface area contributed by atoms with Gasteiger partial charge in [-0.05, 0) is 51.0 Å². The second-order valence-electron chi connectivity index (χ2n) is 8.35. The van der Waals surface area contributed by atoms with Crippen molar-refractivity contribution in [2.75, 3.05) is 19.7 Å². The van der Waals surface area contributed by atoms with E-state index in [9.17, 15) is 13.2 Å². The smallest absolute Gasteiger partial charge is 0.220 e. The van der Waals surface area contributed by atoms with Crippen molar-refractivity contribution in [3.8, 4) is 0 Å². The molecule has 2 aliphatic rings. The summed E-state index contributed by atoms with van der Waals surface area (Å²) < 4.78 is 32.5. The van der Waals surface area contributed by atoms with Gasteiger partial charge < -0.3 is 10.1 Å². The highest BCUT2D eigenvalue weighted by atomic mass is 32.2. The number of hydrogen-bond donors (Lipinski definition) is 1. The number of hydrogen-bond acceptors (Lipinski definition) is 4. The zero-order valence-corrected chi connectivity index (χ0v) is 17.7. The van der Waals surface area contributed by atoms with Gasteiger partial charge in [0.25, 0.3) is 0 Å². The van der Waals surface area contributed by atoms with Crippen molar-refractivity contribution in [1.82, 2.24) is 9.62 Å². The molecule has 156 valence electrons. The quantitative estimate of drug-likeness (QED) is 0.785. The molecular formula is C21H32N2O4S. The Morgan fingerprint density at radius 3 is 2.57 bits per heavy atom. The second-order valence-corrected chi connectivity index (χ2v) is 10.8. The van der Waals surface area contributed by atoms with Crippen LogP contribution in [0.4, 0.5) is 0 Å². The van der Waals surface area contributed by atoms with Crippen LogP contribution in [0.25, 0.3) is 0 Å². The number of piperidine rings is 1. The maximum Gasteiger partial charge on any atom is 0.220 e. The molecule has 2 heterocycles. The van der Waals surface area contributed by atoms with Crippen molar-refractivity contribution in [2.45, 2.75) is 63.3 Å². The lowest BCUT2D eigenvalue weighted by Gasteiger charge is -2.46. The molecule has 6 nitrogen and oxygen atoms in total. The van der Waals surface area contributed by atoms with E-state index < -0.39 is 15.3 Å². The van der Waals surface area contributed by atoms with Crippen LogP contribution in [0.15, 0.2) is 30.3 Å². The molecule has 1 N–H and O–H groups in total. The molecule has 1 aromatic rings. The van der Waals surface area contributed by atoms with Crippen LogP contribution in [0.3, 0.4) is 0 Å². The van der Waals surface area contributed by atoms with Gasteiger partial charge in [0.2, 0.25) is 15.9 Å². The summed E-state index contributed by atoms with van der Waals surface area (Å²) in [5.41, 5.74) is 0.823. The lowest BCUT2D eigenvalue weighted by molar-refractivity contribution is -0.133. The predicted molar refractivity (Wildman–Crippen MR) is 109 cm³/mol. The van der Waals surface area contributed by atoms with Crippen LogP contribution in [0.5, 0.6) is 0 Å². The molecule has 0 aliphatic carbocycles. The Hall–Kier alpha value is -1.44. The van der Waals surface area contributed by atoms with E-state index in [0.717, 1.165) is 18.4 Å². The number of nitrogens with zero attached hydrogens (tertiary/aromatic N) is 1. The topological polar surface area (TPSA) is 75.7 Å². The summed E-state index contributed by atoms with van der Waals surface area (Å²) in [5.74, 6) is 0.364. The number of amides is 1. The first kappa shape index (κ1) is 21.3. The first-order valence-corrected chi connectivity index (χ1v) is 11.7. The Kier molecular flexibility index (Phi) is 6.78. The van der Waals surface area contributed by atoms with Gasteiger partial charge in [0.15, 0.2) is 0 Å². The van der Waals surface area contributed by atoms with Crippen LogP contribution < -0.4 is 5.32 Å². The summed E-state index contributed by atoms with van der Waals surface area (Å²) in [7, 11) is -3.21. The monoisotopic (exact) mass is 408 g/mol. The summed E-state index contributed by atoms with van der Waals surface area (Å²) in [6.07, 6.45) is 3.64. The molecule has 0 bridgehead atoms. The van der Waals surface area contributed by atoms with E-state index in [2.05, 4.69) is 5.32 Å². The maximum absolute atomic E-state index is 12.4. The standard InChI is InChI=1S/C21H32N2O4S/c1-17(2)28(25,26)23-11-9-21(10-12-23)15-19(8-13-27-21)14-20(24)22-16-18-6-4-3-5-7-18/h3-7,17,19H,8-16H2,1-2H3,(H,22,24). The van der Waals surface area contributed by atoms with Crippen molar-refractivity contribution in [1.29, 1.82) is 0 Å². The third-order valence-corrected chi connectivity index (χ3v) is 8.27. The van der Waals surface area contributed by atoms with Gasteiger partial charge >= 0.3 is 0 Å².